The molecule has 84 valence electrons. The Bertz CT molecular complexity index is 431. The molecule has 16 heavy (non-hydrogen) atoms. The van der Waals surface area contributed by atoms with Crippen molar-refractivity contribution in [1.82, 2.24) is 0 Å². The van der Waals surface area contributed by atoms with Gasteiger partial charge in [0, 0.05) is 0 Å². The Labute approximate surface area is 91.5 Å². The maximum atomic E-state index is 11.2. The molecule has 0 aromatic heterocycles. The maximum absolute atomic E-state index is 11.2. The SMILES string of the molecule is O=C(/C=N/O)Nc1cccc2c1OCCO2. The lowest BCUT2D eigenvalue weighted by molar-refractivity contribution is -0.110. The van der Waals surface area contributed by atoms with Crippen LogP contribution in [0.25, 0.3) is 0 Å². The number of anilines is 1. The zero-order chi connectivity index (χ0) is 11.4. The molecule has 0 aliphatic carbocycles. The molecule has 0 spiro atoms. The Morgan fingerprint density at radius 3 is 3.06 bits per heavy atom. The summed E-state index contributed by atoms with van der Waals surface area (Å²) in [5, 5.41) is 13.4. The highest BCUT2D eigenvalue weighted by Gasteiger charge is 2.16. The van der Waals surface area contributed by atoms with E-state index in [1.807, 2.05) is 0 Å². The van der Waals surface area contributed by atoms with Gasteiger partial charge >= 0.3 is 0 Å². The first-order valence-corrected chi connectivity index (χ1v) is 4.68. The highest BCUT2D eigenvalue weighted by Crippen LogP contribution is 2.36. The molecule has 1 amide bonds. The third-order valence-corrected chi connectivity index (χ3v) is 2.00. The number of benzene rings is 1. The second-order valence-electron chi connectivity index (χ2n) is 3.06. The minimum atomic E-state index is -0.537. The summed E-state index contributed by atoms with van der Waals surface area (Å²) < 4.78 is 10.7. The van der Waals surface area contributed by atoms with Gasteiger partial charge in [-0.2, -0.15) is 0 Å². The van der Waals surface area contributed by atoms with Gasteiger partial charge in [0.2, 0.25) is 0 Å². The summed E-state index contributed by atoms with van der Waals surface area (Å²) in [6, 6.07) is 5.17. The summed E-state index contributed by atoms with van der Waals surface area (Å²) in [4.78, 5) is 11.2. The van der Waals surface area contributed by atoms with Gasteiger partial charge in [0.25, 0.3) is 5.91 Å². The number of carbonyl (C=O) groups excluding carboxylic acids is 1. The van der Waals surface area contributed by atoms with Crippen LogP contribution in [-0.4, -0.2) is 30.5 Å². The van der Waals surface area contributed by atoms with Crippen LogP contribution in [0.1, 0.15) is 0 Å². The van der Waals surface area contributed by atoms with Crippen molar-refractivity contribution in [3.63, 3.8) is 0 Å². The van der Waals surface area contributed by atoms with Crippen molar-refractivity contribution in [3.05, 3.63) is 18.2 Å². The molecule has 1 aromatic carbocycles. The number of para-hydroxylation sites is 1. The number of fused-ring (bicyclic) bond motifs is 1. The lowest BCUT2D eigenvalue weighted by Gasteiger charge is -2.20. The van der Waals surface area contributed by atoms with E-state index in [0.717, 1.165) is 6.21 Å². The molecule has 0 saturated carbocycles. The van der Waals surface area contributed by atoms with E-state index in [4.69, 9.17) is 14.7 Å². The Kier molecular flexibility index (Phi) is 2.90. The standard InChI is InChI=1S/C10H10N2O4/c13-9(6-11-14)12-7-2-1-3-8-10(7)16-5-4-15-8/h1-3,6,14H,4-5H2,(H,12,13)/b11-6+. The Morgan fingerprint density at radius 2 is 2.25 bits per heavy atom. The van der Waals surface area contributed by atoms with Gasteiger partial charge in [0.15, 0.2) is 11.5 Å². The molecular weight excluding hydrogens is 212 g/mol. The molecule has 0 radical (unpaired) electrons. The van der Waals surface area contributed by atoms with Crippen molar-refractivity contribution in [3.8, 4) is 11.5 Å². The maximum Gasteiger partial charge on any atom is 0.270 e. The lowest BCUT2D eigenvalue weighted by Crippen LogP contribution is -2.19. The summed E-state index contributed by atoms with van der Waals surface area (Å²) in [7, 11) is 0. The molecule has 0 bridgehead atoms. The fourth-order valence-electron chi connectivity index (χ4n) is 1.39. The van der Waals surface area contributed by atoms with E-state index in [2.05, 4.69) is 10.5 Å². The number of carbonyl (C=O) groups is 1. The van der Waals surface area contributed by atoms with Gasteiger partial charge in [0.05, 0.1) is 5.69 Å². The Hall–Kier alpha value is -2.24. The van der Waals surface area contributed by atoms with E-state index < -0.39 is 5.91 Å². The minimum absolute atomic E-state index is 0.438. The molecule has 0 unspecified atom stereocenters. The Morgan fingerprint density at radius 1 is 1.44 bits per heavy atom. The molecule has 0 atom stereocenters. The third kappa shape index (κ3) is 2.05. The Balaban J connectivity index is 2.24. The van der Waals surface area contributed by atoms with Crippen molar-refractivity contribution in [1.29, 1.82) is 0 Å². The summed E-state index contributed by atoms with van der Waals surface area (Å²) in [6.07, 6.45) is 0.767. The number of ether oxygens (including phenoxy) is 2. The minimum Gasteiger partial charge on any atom is -0.486 e. The molecule has 6 nitrogen and oxygen atoms in total. The molecule has 1 aromatic rings. The normalized spacial score (nSPS) is 13.8. The van der Waals surface area contributed by atoms with Crippen molar-refractivity contribution in [2.24, 2.45) is 5.16 Å². The summed E-state index contributed by atoms with van der Waals surface area (Å²) >= 11 is 0. The van der Waals surface area contributed by atoms with Crippen LogP contribution in [0.4, 0.5) is 5.69 Å². The third-order valence-electron chi connectivity index (χ3n) is 2.00. The molecule has 0 fully saturated rings. The number of oxime groups is 1. The van der Waals surface area contributed by atoms with Crippen molar-refractivity contribution < 1.29 is 19.5 Å². The number of nitrogens with one attached hydrogen (secondary N) is 1. The molecule has 1 aliphatic rings. The molecule has 1 heterocycles. The van der Waals surface area contributed by atoms with E-state index in [-0.39, 0.29) is 0 Å². The number of nitrogens with zero attached hydrogens (tertiary/aromatic N) is 1. The van der Waals surface area contributed by atoms with Gasteiger partial charge in [-0.05, 0) is 12.1 Å². The molecular formula is C10H10N2O4. The van der Waals surface area contributed by atoms with E-state index in [1.165, 1.54) is 0 Å². The van der Waals surface area contributed by atoms with Gasteiger partial charge in [-0.15, -0.1) is 0 Å². The quantitative estimate of drug-likeness (QED) is 0.441. The first-order valence-electron chi connectivity index (χ1n) is 4.68. The van der Waals surface area contributed by atoms with Crippen molar-refractivity contribution >= 4 is 17.8 Å². The second-order valence-corrected chi connectivity index (χ2v) is 3.06. The highest BCUT2D eigenvalue weighted by atomic mass is 16.6. The largest absolute Gasteiger partial charge is 0.486 e. The number of hydrogen-bond acceptors (Lipinski definition) is 5. The van der Waals surface area contributed by atoms with Crippen LogP contribution in [0.5, 0.6) is 11.5 Å². The molecule has 2 rings (SSSR count). The van der Waals surface area contributed by atoms with E-state index >= 15 is 0 Å². The van der Waals surface area contributed by atoms with Crippen LogP contribution < -0.4 is 14.8 Å². The fraction of sp³-hybridized carbons (Fsp3) is 0.200. The van der Waals surface area contributed by atoms with Gasteiger partial charge in [0.1, 0.15) is 19.4 Å². The first kappa shape index (κ1) is 10.3. The molecule has 2 N–H and O–H groups in total. The zero-order valence-corrected chi connectivity index (χ0v) is 8.34. The number of amides is 1. The summed E-state index contributed by atoms with van der Waals surface area (Å²) in [5.41, 5.74) is 0.488. The van der Waals surface area contributed by atoms with Gasteiger partial charge in [-0.1, -0.05) is 11.2 Å². The van der Waals surface area contributed by atoms with E-state index in [9.17, 15) is 4.79 Å². The topological polar surface area (TPSA) is 80.2 Å². The van der Waals surface area contributed by atoms with Gasteiger partial charge < -0.3 is 20.0 Å². The summed E-state index contributed by atoms with van der Waals surface area (Å²) in [5.74, 6) is 0.545. The van der Waals surface area contributed by atoms with Crippen LogP contribution in [0.3, 0.4) is 0 Å². The van der Waals surface area contributed by atoms with Crippen LogP contribution >= 0.6 is 0 Å². The highest BCUT2D eigenvalue weighted by molar-refractivity contribution is 6.31. The molecule has 0 saturated heterocycles. The van der Waals surface area contributed by atoms with Gasteiger partial charge in [-0.25, -0.2) is 0 Å². The van der Waals surface area contributed by atoms with Crippen molar-refractivity contribution in [2.45, 2.75) is 0 Å². The van der Waals surface area contributed by atoms with Crippen molar-refractivity contribution in [2.75, 3.05) is 18.5 Å². The monoisotopic (exact) mass is 222 g/mol. The average Bonchev–Trinajstić information content (AvgIpc) is 2.30. The predicted molar refractivity (Wildman–Crippen MR) is 56.3 cm³/mol. The van der Waals surface area contributed by atoms with Crippen LogP contribution in [0.15, 0.2) is 23.4 Å². The smallest absolute Gasteiger partial charge is 0.270 e. The zero-order valence-electron chi connectivity index (χ0n) is 8.34. The van der Waals surface area contributed by atoms with Crippen LogP contribution in [0, 0.1) is 0 Å². The first-order chi connectivity index (χ1) is 7.81. The lowest BCUT2D eigenvalue weighted by atomic mass is 10.2. The van der Waals surface area contributed by atoms with E-state index in [1.54, 1.807) is 18.2 Å². The second kappa shape index (κ2) is 4.52. The summed E-state index contributed by atoms with van der Waals surface area (Å²) in [6.45, 7) is 0.927. The average molecular weight is 222 g/mol. The van der Waals surface area contributed by atoms with E-state index in [0.29, 0.717) is 30.4 Å². The van der Waals surface area contributed by atoms with Gasteiger partial charge in [-0.3, -0.25) is 4.79 Å². The predicted octanol–water partition coefficient (Wildman–Crippen LogP) is 0.856. The molecule has 1 aliphatic heterocycles. The number of hydrogen-bond donors (Lipinski definition) is 2. The number of rotatable bonds is 2. The van der Waals surface area contributed by atoms with Crippen LogP contribution in [-0.2, 0) is 4.79 Å². The fourth-order valence-corrected chi connectivity index (χ4v) is 1.39. The molecule has 6 heteroatoms. The van der Waals surface area contributed by atoms with Crippen LogP contribution in [0.2, 0.25) is 0 Å².